The number of rotatable bonds is 2. The van der Waals surface area contributed by atoms with Crippen LogP contribution in [0.25, 0.3) is 0 Å². The van der Waals surface area contributed by atoms with E-state index in [1.54, 1.807) is 6.92 Å². The molecule has 0 radical (unpaired) electrons. The van der Waals surface area contributed by atoms with Crippen molar-refractivity contribution in [3.8, 4) is 0 Å². The molecule has 2 fully saturated rings. The lowest BCUT2D eigenvalue weighted by Gasteiger charge is -2.45. The standard InChI is InChI=1S/C18H25NO2/c1-12-7-9-14(10-8-12)18-11-16(19-13(2)20)15-5-3-4-6-17(15)21-18/h7-10,15-18H,3-6,11H2,1-2H3,(H,19,20)/t15-,16+,17+,18+/m0/s1. The maximum absolute atomic E-state index is 11.5. The molecule has 0 aromatic heterocycles. The van der Waals surface area contributed by atoms with E-state index in [9.17, 15) is 4.79 Å². The molecule has 1 aliphatic heterocycles. The number of benzene rings is 1. The number of nitrogens with one attached hydrogen (secondary N) is 1. The smallest absolute Gasteiger partial charge is 0.217 e. The average Bonchev–Trinajstić information content (AvgIpc) is 2.47. The third kappa shape index (κ3) is 3.29. The fourth-order valence-electron chi connectivity index (χ4n) is 3.85. The molecule has 0 spiro atoms. The zero-order chi connectivity index (χ0) is 14.8. The van der Waals surface area contributed by atoms with Crippen molar-refractivity contribution in [3.63, 3.8) is 0 Å². The molecule has 1 aromatic carbocycles. The summed E-state index contributed by atoms with van der Waals surface area (Å²) >= 11 is 0. The molecule has 0 unspecified atom stereocenters. The van der Waals surface area contributed by atoms with Gasteiger partial charge in [-0.1, -0.05) is 42.7 Å². The molecule has 1 heterocycles. The molecule has 3 heteroatoms. The van der Waals surface area contributed by atoms with Gasteiger partial charge in [-0.05, 0) is 31.7 Å². The summed E-state index contributed by atoms with van der Waals surface area (Å²) in [5, 5.41) is 3.17. The van der Waals surface area contributed by atoms with E-state index in [2.05, 4.69) is 36.5 Å². The number of ether oxygens (including phenoxy) is 1. The summed E-state index contributed by atoms with van der Waals surface area (Å²) in [6, 6.07) is 8.85. The normalized spacial score (nSPS) is 32.3. The number of aryl methyl sites for hydroxylation is 1. The zero-order valence-corrected chi connectivity index (χ0v) is 13.0. The van der Waals surface area contributed by atoms with E-state index in [0.717, 1.165) is 12.8 Å². The van der Waals surface area contributed by atoms with Crippen LogP contribution in [-0.4, -0.2) is 18.1 Å². The maximum atomic E-state index is 11.5. The number of amides is 1. The van der Waals surface area contributed by atoms with Crippen molar-refractivity contribution in [1.29, 1.82) is 0 Å². The Morgan fingerprint density at radius 2 is 1.90 bits per heavy atom. The largest absolute Gasteiger partial charge is 0.370 e. The molecule has 1 saturated carbocycles. The molecule has 0 bridgehead atoms. The van der Waals surface area contributed by atoms with E-state index in [1.807, 2.05) is 0 Å². The van der Waals surface area contributed by atoms with Gasteiger partial charge in [-0.25, -0.2) is 0 Å². The Morgan fingerprint density at radius 3 is 2.62 bits per heavy atom. The van der Waals surface area contributed by atoms with E-state index in [1.165, 1.54) is 30.4 Å². The predicted octanol–water partition coefficient (Wildman–Crippen LogP) is 3.52. The van der Waals surface area contributed by atoms with Crippen LogP contribution >= 0.6 is 0 Å². The summed E-state index contributed by atoms with van der Waals surface area (Å²) in [5.74, 6) is 0.568. The Labute approximate surface area is 127 Å². The second-order valence-corrected chi connectivity index (χ2v) is 6.56. The second-order valence-electron chi connectivity index (χ2n) is 6.56. The highest BCUT2D eigenvalue weighted by Gasteiger charge is 2.40. The van der Waals surface area contributed by atoms with Gasteiger partial charge in [0.05, 0.1) is 12.2 Å². The highest BCUT2D eigenvalue weighted by molar-refractivity contribution is 5.73. The minimum absolute atomic E-state index is 0.0777. The van der Waals surface area contributed by atoms with Crippen LogP contribution in [0, 0.1) is 12.8 Å². The van der Waals surface area contributed by atoms with Gasteiger partial charge in [0.1, 0.15) is 0 Å². The summed E-state index contributed by atoms with van der Waals surface area (Å²) in [6.45, 7) is 3.72. The SMILES string of the molecule is CC(=O)N[C@@H]1C[C@H](c2ccc(C)cc2)O[C@@H]2CCCC[C@@H]12. The van der Waals surface area contributed by atoms with Crippen LogP contribution in [0.15, 0.2) is 24.3 Å². The first-order chi connectivity index (χ1) is 10.1. The summed E-state index contributed by atoms with van der Waals surface area (Å²) < 4.78 is 6.38. The fraction of sp³-hybridized carbons (Fsp3) is 0.611. The summed E-state index contributed by atoms with van der Waals surface area (Å²) in [4.78, 5) is 11.5. The third-order valence-electron chi connectivity index (χ3n) is 4.92. The zero-order valence-electron chi connectivity index (χ0n) is 13.0. The fourth-order valence-corrected chi connectivity index (χ4v) is 3.85. The van der Waals surface area contributed by atoms with Gasteiger partial charge in [0.2, 0.25) is 5.91 Å². The van der Waals surface area contributed by atoms with Crippen LogP contribution in [0.4, 0.5) is 0 Å². The third-order valence-corrected chi connectivity index (χ3v) is 4.92. The molecule has 1 amide bonds. The molecule has 3 rings (SSSR count). The number of fused-ring (bicyclic) bond motifs is 1. The molecule has 1 N–H and O–H groups in total. The van der Waals surface area contributed by atoms with Crippen molar-refractivity contribution in [2.24, 2.45) is 5.92 Å². The summed E-state index contributed by atoms with van der Waals surface area (Å²) in [6.07, 6.45) is 6.12. The molecular weight excluding hydrogens is 262 g/mol. The Balaban J connectivity index is 1.79. The van der Waals surface area contributed by atoms with Crippen molar-refractivity contribution >= 4 is 5.91 Å². The topological polar surface area (TPSA) is 38.3 Å². The van der Waals surface area contributed by atoms with Crippen molar-refractivity contribution in [1.82, 2.24) is 5.32 Å². The molecule has 4 atom stereocenters. The van der Waals surface area contributed by atoms with Gasteiger partial charge in [0.25, 0.3) is 0 Å². The van der Waals surface area contributed by atoms with Gasteiger partial charge in [-0.2, -0.15) is 0 Å². The van der Waals surface area contributed by atoms with Crippen molar-refractivity contribution < 1.29 is 9.53 Å². The number of hydrogen-bond donors (Lipinski definition) is 1. The lowest BCUT2D eigenvalue weighted by atomic mass is 9.76. The monoisotopic (exact) mass is 287 g/mol. The lowest BCUT2D eigenvalue weighted by Crippen LogP contribution is -2.50. The minimum Gasteiger partial charge on any atom is -0.370 e. The summed E-state index contributed by atoms with van der Waals surface area (Å²) in [5.41, 5.74) is 2.50. The van der Waals surface area contributed by atoms with Gasteiger partial charge >= 0.3 is 0 Å². The van der Waals surface area contributed by atoms with E-state index >= 15 is 0 Å². The minimum atomic E-state index is 0.0777. The van der Waals surface area contributed by atoms with Gasteiger partial charge < -0.3 is 10.1 Å². The molecule has 1 aliphatic carbocycles. The lowest BCUT2D eigenvalue weighted by molar-refractivity contribution is -0.131. The molecule has 3 nitrogen and oxygen atoms in total. The van der Waals surface area contributed by atoms with Crippen molar-refractivity contribution in [3.05, 3.63) is 35.4 Å². The van der Waals surface area contributed by atoms with E-state index in [4.69, 9.17) is 4.74 Å². The van der Waals surface area contributed by atoms with Crippen LogP contribution in [0.2, 0.25) is 0 Å². The van der Waals surface area contributed by atoms with Gasteiger partial charge in [-0.3, -0.25) is 4.79 Å². The van der Waals surface area contributed by atoms with Crippen molar-refractivity contribution in [2.75, 3.05) is 0 Å². The number of carbonyl (C=O) groups excluding carboxylic acids is 1. The second kappa shape index (κ2) is 6.18. The van der Waals surface area contributed by atoms with Gasteiger partial charge in [0, 0.05) is 18.9 Å². The van der Waals surface area contributed by atoms with Crippen molar-refractivity contribution in [2.45, 2.75) is 64.2 Å². The van der Waals surface area contributed by atoms with Crippen LogP contribution in [0.5, 0.6) is 0 Å². The van der Waals surface area contributed by atoms with Gasteiger partial charge in [0.15, 0.2) is 0 Å². The van der Waals surface area contributed by atoms with Crippen LogP contribution in [-0.2, 0) is 9.53 Å². The maximum Gasteiger partial charge on any atom is 0.217 e. The van der Waals surface area contributed by atoms with E-state index in [0.29, 0.717) is 12.0 Å². The highest BCUT2D eigenvalue weighted by atomic mass is 16.5. The Morgan fingerprint density at radius 1 is 1.19 bits per heavy atom. The van der Waals surface area contributed by atoms with Crippen LogP contribution in [0.1, 0.15) is 56.3 Å². The number of hydrogen-bond acceptors (Lipinski definition) is 2. The van der Waals surface area contributed by atoms with E-state index in [-0.39, 0.29) is 18.1 Å². The predicted molar refractivity (Wildman–Crippen MR) is 83.0 cm³/mol. The molecule has 1 saturated heterocycles. The summed E-state index contributed by atoms with van der Waals surface area (Å²) in [7, 11) is 0. The molecule has 1 aromatic rings. The Hall–Kier alpha value is -1.35. The molecule has 21 heavy (non-hydrogen) atoms. The molecular formula is C18H25NO2. The highest BCUT2D eigenvalue weighted by Crippen LogP contribution is 2.41. The Bertz CT molecular complexity index is 496. The quantitative estimate of drug-likeness (QED) is 0.904. The molecule has 2 aliphatic rings. The van der Waals surface area contributed by atoms with Gasteiger partial charge in [-0.15, -0.1) is 0 Å². The van der Waals surface area contributed by atoms with E-state index < -0.39 is 0 Å². The Kier molecular flexibility index (Phi) is 4.29. The average molecular weight is 287 g/mol. The molecule has 114 valence electrons. The first kappa shape index (κ1) is 14.6. The van der Waals surface area contributed by atoms with Crippen LogP contribution < -0.4 is 5.32 Å². The first-order valence-corrected chi connectivity index (χ1v) is 8.12. The van der Waals surface area contributed by atoms with Crippen LogP contribution in [0.3, 0.4) is 0 Å². The first-order valence-electron chi connectivity index (χ1n) is 8.12. The number of carbonyl (C=O) groups is 1.